The molecule has 1 heterocycles. The van der Waals surface area contributed by atoms with Crippen molar-refractivity contribution in [3.8, 4) is 0 Å². The Morgan fingerprint density at radius 2 is 1.57 bits per heavy atom. The Morgan fingerprint density at radius 1 is 0.980 bits per heavy atom. The number of amides is 2. The lowest BCUT2D eigenvalue weighted by molar-refractivity contribution is -0.152. The van der Waals surface area contributed by atoms with Gasteiger partial charge in [-0.15, -0.1) is 0 Å². The lowest BCUT2D eigenvalue weighted by atomic mass is 9.69. The van der Waals surface area contributed by atoms with E-state index in [1.165, 1.54) is 17.1 Å². The van der Waals surface area contributed by atoms with Gasteiger partial charge in [-0.25, -0.2) is 11.3 Å². The van der Waals surface area contributed by atoms with E-state index in [1.54, 1.807) is 35.9 Å². The van der Waals surface area contributed by atoms with Crippen LogP contribution in [0.5, 0.6) is 0 Å². The van der Waals surface area contributed by atoms with Crippen molar-refractivity contribution in [2.75, 3.05) is 13.7 Å². The topological polar surface area (TPSA) is 195 Å². The van der Waals surface area contributed by atoms with Crippen LogP contribution in [0.1, 0.15) is 49.3 Å². The van der Waals surface area contributed by atoms with E-state index in [4.69, 9.17) is 10.4 Å². The first-order valence-corrected chi connectivity index (χ1v) is 17.4. The van der Waals surface area contributed by atoms with Crippen molar-refractivity contribution in [3.05, 3.63) is 102 Å². The average Bonchev–Trinajstić information content (AvgIpc) is 3.53. The largest absolute Gasteiger partial charge is 0.345 e. The molecule has 1 unspecified atom stereocenters. The van der Waals surface area contributed by atoms with Gasteiger partial charge in [-0.05, 0) is 62.3 Å². The molecule has 2 amide bonds. The first-order chi connectivity index (χ1) is 23.4. The molecule has 0 bridgehead atoms. The number of benzene rings is 3. The van der Waals surface area contributed by atoms with Crippen LogP contribution < -0.4 is 16.7 Å². The number of hydrogen-bond acceptors (Lipinski definition) is 10. The quantitative estimate of drug-likeness (QED) is 0.0393. The SMILES string of the molecule is CCCC(Cc1ccccc1)(C(=O)NN)C(=O)[C@@H]([C@H](CCCc1ccccc1)C(=O)NO)N1CN(C)C=N1.Cc1ccc(S(=O)(=O)O)cc1. The molecule has 0 spiro atoms. The molecule has 1 aliphatic rings. The summed E-state index contributed by atoms with van der Waals surface area (Å²) in [6.07, 6.45) is 4.02. The Bertz CT molecular complexity index is 1660. The third-order valence-electron chi connectivity index (χ3n) is 8.39. The third kappa shape index (κ3) is 10.7. The molecular weight excluding hydrogens is 648 g/mol. The second kappa shape index (κ2) is 18.2. The molecule has 0 aromatic heterocycles. The highest BCUT2D eigenvalue weighted by atomic mass is 32.2. The molecule has 13 nitrogen and oxygen atoms in total. The van der Waals surface area contributed by atoms with Crippen LogP contribution >= 0.6 is 0 Å². The maximum atomic E-state index is 14.6. The van der Waals surface area contributed by atoms with E-state index >= 15 is 0 Å². The van der Waals surface area contributed by atoms with E-state index < -0.39 is 45.1 Å². The Kier molecular flexibility index (Phi) is 14.4. The Labute approximate surface area is 287 Å². The summed E-state index contributed by atoms with van der Waals surface area (Å²) >= 11 is 0. The summed E-state index contributed by atoms with van der Waals surface area (Å²) in [5.74, 6) is 2.92. The number of hydrazine groups is 1. The minimum atomic E-state index is -4.02. The Morgan fingerprint density at radius 3 is 2.06 bits per heavy atom. The van der Waals surface area contributed by atoms with Crippen LogP contribution in [0.4, 0.5) is 0 Å². The van der Waals surface area contributed by atoms with Gasteiger partial charge in [0.25, 0.3) is 10.1 Å². The molecule has 264 valence electrons. The van der Waals surface area contributed by atoms with Gasteiger partial charge in [0.2, 0.25) is 11.8 Å². The van der Waals surface area contributed by atoms with Crippen molar-refractivity contribution < 1.29 is 32.6 Å². The summed E-state index contributed by atoms with van der Waals surface area (Å²) in [6.45, 7) is 3.99. The summed E-state index contributed by atoms with van der Waals surface area (Å²) in [4.78, 5) is 42.9. The van der Waals surface area contributed by atoms with Gasteiger partial charge >= 0.3 is 0 Å². The summed E-state index contributed by atoms with van der Waals surface area (Å²) in [5.41, 5.74) is 5.28. The van der Waals surface area contributed by atoms with Gasteiger partial charge in [0.05, 0.1) is 10.8 Å². The van der Waals surface area contributed by atoms with Crippen LogP contribution in [-0.4, -0.2) is 71.8 Å². The maximum absolute atomic E-state index is 14.6. The van der Waals surface area contributed by atoms with Crippen LogP contribution in [0, 0.1) is 18.3 Å². The highest BCUT2D eigenvalue weighted by Crippen LogP contribution is 2.36. The van der Waals surface area contributed by atoms with Gasteiger partial charge in [0, 0.05) is 7.05 Å². The van der Waals surface area contributed by atoms with Gasteiger partial charge in [-0.3, -0.25) is 34.6 Å². The number of rotatable bonds is 15. The molecule has 0 aliphatic carbocycles. The molecule has 3 aromatic carbocycles. The monoisotopic (exact) mass is 694 g/mol. The highest BCUT2D eigenvalue weighted by Gasteiger charge is 2.52. The fourth-order valence-electron chi connectivity index (χ4n) is 5.93. The van der Waals surface area contributed by atoms with Crippen molar-refractivity contribution in [2.45, 2.75) is 63.3 Å². The van der Waals surface area contributed by atoms with Crippen LogP contribution in [0.15, 0.2) is 94.9 Å². The van der Waals surface area contributed by atoms with Crippen LogP contribution in [0.3, 0.4) is 0 Å². The van der Waals surface area contributed by atoms with Gasteiger partial charge in [0.15, 0.2) is 5.78 Å². The molecule has 3 atom stereocenters. The van der Waals surface area contributed by atoms with Crippen LogP contribution in [0.2, 0.25) is 0 Å². The van der Waals surface area contributed by atoms with Gasteiger partial charge in [-0.2, -0.15) is 13.5 Å². The molecular formula is C35H46N6O7S. The van der Waals surface area contributed by atoms with Gasteiger partial charge < -0.3 is 4.90 Å². The lowest BCUT2D eigenvalue weighted by Gasteiger charge is -2.39. The van der Waals surface area contributed by atoms with E-state index in [9.17, 15) is 28.0 Å². The minimum absolute atomic E-state index is 0.0666. The van der Waals surface area contributed by atoms with Crippen molar-refractivity contribution in [2.24, 2.45) is 22.3 Å². The van der Waals surface area contributed by atoms with Crippen LogP contribution in [-0.2, 0) is 37.3 Å². The Balaban J connectivity index is 0.000000501. The fourth-order valence-corrected chi connectivity index (χ4v) is 6.41. The molecule has 0 saturated carbocycles. The standard InChI is InChI=1S/C28H38N6O4.C7H8O3S/c1-3-17-28(27(37)31-29,18-22-13-8-5-9-14-22)25(35)24(34-20-33(2)19-30-34)23(26(36)32-38)16-10-15-21-11-6-4-7-12-21;1-6-2-4-7(5-3-6)11(8,9)10/h4-9,11-14,19,23-24,38H,3,10,15-18,20,29H2,1-2H3,(H,31,37)(H,32,36);2-5H,1H3,(H,8,9,10)/t23-,24+,28?;/m0./s1. The van der Waals surface area contributed by atoms with Crippen molar-refractivity contribution >= 4 is 34.1 Å². The van der Waals surface area contributed by atoms with Crippen LogP contribution in [0.25, 0.3) is 0 Å². The zero-order valence-electron chi connectivity index (χ0n) is 28.0. The molecule has 14 heteroatoms. The number of nitrogens with two attached hydrogens (primary N) is 1. The van der Waals surface area contributed by atoms with E-state index in [0.29, 0.717) is 25.7 Å². The number of nitrogens with one attached hydrogen (secondary N) is 2. The smallest absolute Gasteiger partial charge is 0.294 e. The molecule has 0 saturated heterocycles. The number of carbonyl (C=O) groups is 3. The summed E-state index contributed by atoms with van der Waals surface area (Å²) in [7, 11) is -2.22. The number of hydrazone groups is 1. The first kappa shape index (κ1) is 38.8. The third-order valence-corrected chi connectivity index (χ3v) is 9.26. The number of hydroxylamine groups is 1. The zero-order valence-corrected chi connectivity index (χ0v) is 28.8. The molecule has 0 radical (unpaired) electrons. The molecule has 3 aromatic rings. The van der Waals surface area contributed by atoms with Crippen molar-refractivity contribution in [3.63, 3.8) is 0 Å². The number of ketones is 1. The maximum Gasteiger partial charge on any atom is 0.294 e. The molecule has 6 N–H and O–H groups in total. The predicted octanol–water partition coefficient (Wildman–Crippen LogP) is 3.48. The summed E-state index contributed by atoms with van der Waals surface area (Å²) in [6, 6.07) is 24.0. The van der Waals surface area contributed by atoms with E-state index in [0.717, 1.165) is 16.7 Å². The molecule has 49 heavy (non-hydrogen) atoms. The summed E-state index contributed by atoms with van der Waals surface area (Å²) < 4.78 is 29.6. The van der Waals surface area contributed by atoms with Crippen molar-refractivity contribution in [1.29, 1.82) is 0 Å². The number of carbonyl (C=O) groups excluding carboxylic acids is 3. The van der Waals surface area contributed by atoms with Gasteiger partial charge in [-0.1, -0.05) is 91.7 Å². The fraction of sp³-hybridized carbons (Fsp3) is 0.371. The number of Topliss-reactive ketones (excluding diaryl/α,β-unsaturated/α-hetero) is 1. The minimum Gasteiger partial charge on any atom is -0.345 e. The average molecular weight is 695 g/mol. The van der Waals surface area contributed by atoms with E-state index in [-0.39, 0.29) is 24.4 Å². The first-order valence-electron chi connectivity index (χ1n) is 16.0. The molecule has 0 fully saturated rings. The van der Waals surface area contributed by atoms with E-state index in [1.807, 2.05) is 74.5 Å². The number of hydrogen-bond donors (Lipinski definition) is 5. The number of aryl methyl sites for hydroxylation is 2. The second-order valence-electron chi connectivity index (χ2n) is 12.1. The number of nitrogens with zero attached hydrogens (tertiary/aromatic N) is 3. The second-order valence-corrected chi connectivity index (χ2v) is 13.5. The zero-order chi connectivity index (χ0) is 36.0. The predicted molar refractivity (Wildman–Crippen MR) is 185 cm³/mol. The molecule has 4 rings (SSSR count). The summed E-state index contributed by atoms with van der Waals surface area (Å²) in [5, 5.41) is 15.6. The Hall–Kier alpha value is -4.63. The molecule has 1 aliphatic heterocycles. The highest BCUT2D eigenvalue weighted by molar-refractivity contribution is 7.85. The normalized spacial score (nSPS) is 15.0. The van der Waals surface area contributed by atoms with Gasteiger partial charge in [0.1, 0.15) is 24.5 Å². The van der Waals surface area contributed by atoms with E-state index in [2.05, 4.69) is 10.5 Å². The lowest BCUT2D eigenvalue weighted by Crippen LogP contribution is -2.59. The van der Waals surface area contributed by atoms with Crippen molar-refractivity contribution in [1.82, 2.24) is 20.8 Å².